The molecule has 1 saturated heterocycles. The van der Waals surface area contributed by atoms with Gasteiger partial charge in [-0.1, -0.05) is 0 Å². The molecular formula is C10H17NO6. The second-order valence-electron chi connectivity index (χ2n) is 3.84. The lowest BCUT2D eigenvalue weighted by atomic mass is 9.98. The van der Waals surface area contributed by atoms with Crippen LogP contribution in [0, 0.1) is 0 Å². The van der Waals surface area contributed by atoms with Crippen molar-refractivity contribution in [3.05, 3.63) is 0 Å². The van der Waals surface area contributed by atoms with Crippen LogP contribution in [0.4, 0.5) is 0 Å². The number of ether oxygens (including phenoxy) is 3. The van der Waals surface area contributed by atoms with E-state index >= 15 is 0 Å². The molecule has 3 atom stereocenters. The fourth-order valence-corrected chi connectivity index (χ4v) is 1.73. The standard InChI is InChI=1S/C10H17NO6/c1-6(12)11-7-5-17-10(16-3,4-8(7)13)9(14)15-2/h7-8,13H,4-5H2,1-3H3,(H,11,12). The summed E-state index contributed by atoms with van der Waals surface area (Å²) in [6.07, 6.45) is -1.03. The van der Waals surface area contributed by atoms with Crippen LogP contribution < -0.4 is 5.32 Å². The molecule has 0 aromatic heterocycles. The molecule has 1 fully saturated rings. The lowest BCUT2D eigenvalue weighted by Crippen LogP contribution is -2.59. The summed E-state index contributed by atoms with van der Waals surface area (Å²) in [7, 11) is 2.50. The van der Waals surface area contributed by atoms with Crippen LogP contribution in [-0.4, -0.2) is 55.7 Å². The number of esters is 1. The summed E-state index contributed by atoms with van der Waals surface area (Å²) < 4.78 is 14.8. The molecule has 0 aromatic carbocycles. The number of hydrogen-bond donors (Lipinski definition) is 2. The molecule has 1 heterocycles. The van der Waals surface area contributed by atoms with Crippen molar-refractivity contribution in [3.63, 3.8) is 0 Å². The predicted molar refractivity (Wildman–Crippen MR) is 55.9 cm³/mol. The van der Waals surface area contributed by atoms with E-state index in [1.54, 1.807) is 0 Å². The first kappa shape index (κ1) is 13.9. The van der Waals surface area contributed by atoms with Crippen LogP contribution in [0.15, 0.2) is 0 Å². The van der Waals surface area contributed by atoms with Gasteiger partial charge in [0.05, 0.1) is 25.9 Å². The molecule has 0 aliphatic carbocycles. The molecule has 0 bridgehead atoms. The Morgan fingerprint density at radius 3 is 2.53 bits per heavy atom. The number of amides is 1. The van der Waals surface area contributed by atoms with Crippen LogP contribution in [-0.2, 0) is 23.8 Å². The van der Waals surface area contributed by atoms with Gasteiger partial charge < -0.3 is 24.6 Å². The smallest absolute Gasteiger partial charge is 0.366 e. The molecule has 17 heavy (non-hydrogen) atoms. The predicted octanol–water partition coefficient (Wildman–Crippen LogP) is -1.21. The fourth-order valence-electron chi connectivity index (χ4n) is 1.73. The monoisotopic (exact) mass is 247 g/mol. The lowest BCUT2D eigenvalue weighted by molar-refractivity contribution is -0.266. The average Bonchev–Trinajstić information content (AvgIpc) is 2.30. The summed E-state index contributed by atoms with van der Waals surface area (Å²) in [5, 5.41) is 12.4. The van der Waals surface area contributed by atoms with Gasteiger partial charge >= 0.3 is 5.97 Å². The Morgan fingerprint density at radius 1 is 1.47 bits per heavy atom. The van der Waals surface area contributed by atoms with Crippen LogP contribution in [0.2, 0.25) is 0 Å². The van der Waals surface area contributed by atoms with E-state index in [1.807, 2.05) is 0 Å². The number of nitrogens with one attached hydrogen (secondary N) is 1. The third kappa shape index (κ3) is 2.93. The summed E-state index contributed by atoms with van der Waals surface area (Å²) in [4.78, 5) is 22.4. The van der Waals surface area contributed by atoms with Gasteiger partial charge in [0.1, 0.15) is 0 Å². The summed E-state index contributed by atoms with van der Waals surface area (Å²) in [6.45, 7) is 1.31. The third-order valence-corrected chi connectivity index (χ3v) is 2.65. The fraction of sp³-hybridized carbons (Fsp3) is 0.800. The number of carbonyl (C=O) groups is 2. The van der Waals surface area contributed by atoms with Gasteiger partial charge in [-0.05, 0) is 0 Å². The minimum atomic E-state index is -1.59. The summed E-state index contributed by atoms with van der Waals surface area (Å²) >= 11 is 0. The van der Waals surface area contributed by atoms with Gasteiger partial charge in [-0.25, -0.2) is 4.79 Å². The van der Waals surface area contributed by atoms with Crippen molar-refractivity contribution in [2.75, 3.05) is 20.8 Å². The van der Waals surface area contributed by atoms with Crippen molar-refractivity contribution < 1.29 is 28.9 Å². The minimum absolute atomic E-state index is 0.0241. The highest BCUT2D eigenvalue weighted by Gasteiger charge is 2.49. The molecule has 1 rings (SSSR count). The number of aliphatic hydroxyl groups excluding tert-OH is 1. The molecular weight excluding hydrogens is 230 g/mol. The van der Waals surface area contributed by atoms with Gasteiger partial charge in [-0.2, -0.15) is 0 Å². The number of hydrogen-bond acceptors (Lipinski definition) is 6. The van der Waals surface area contributed by atoms with Crippen LogP contribution in [0.25, 0.3) is 0 Å². The first-order valence-electron chi connectivity index (χ1n) is 5.18. The zero-order valence-corrected chi connectivity index (χ0v) is 10.1. The van der Waals surface area contributed by atoms with Crippen LogP contribution in [0.3, 0.4) is 0 Å². The van der Waals surface area contributed by atoms with E-state index < -0.39 is 23.9 Å². The van der Waals surface area contributed by atoms with Crippen LogP contribution >= 0.6 is 0 Å². The van der Waals surface area contributed by atoms with Gasteiger partial charge in [0.25, 0.3) is 5.79 Å². The first-order valence-corrected chi connectivity index (χ1v) is 5.18. The van der Waals surface area contributed by atoms with Gasteiger partial charge in [-0.3, -0.25) is 4.79 Å². The molecule has 1 amide bonds. The second kappa shape index (κ2) is 5.44. The van der Waals surface area contributed by atoms with E-state index in [9.17, 15) is 14.7 Å². The van der Waals surface area contributed by atoms with Crippen molar-refractivity contribution in [1.29, 1.82) is 0 Å². The van der Waals surface area contributed by atoms with E-state index in [4.69, 9.17) is 9.47 Å². The van der Waals surface area contributed by atoms with Gasteiger partial charge in [0.2, 0.25) is 5.91 Å². The molecule has 0 saturated carbocycles. The zero-order chi connectivity index (χ0) is 13.1. The van der Waals surface area contributed by atoms with E-state index in [0.29, 0.717) is 0 Å². The molecule has 7 nitrogen and oxygen atoms in total. The molecule has 2 N–H and O–H groups in total. The Morgan fingerprint density at radius 2 is 2.12 bits per heavy atom. The van der Waals surface area contributed by atoms with Crippen LogP contribution in [0.1, 0.15) is 13.3 Å². The second-order valence-corrected chi connectivity index (χ2v) is 3.84. The summed E-state index contributed by atoms with van der Waals surface area (Å²) in [6, 6.07) is -0.555. The van der Waals surface area contributed by atoms with Crippen molar-refractivity contribution in [3.8, 4) is 0 Å². The molecule has 98 valence electrons. The van der Waals surface area contributed by atoms with E-state index in [0.717, 1.165) is 0 Å². The largest absolute Gasteiger partial charge is 0.465 e. The van der Waals surface area contributed by atoms with E-state index in [1.165, 1.54) is 21.1 Å². The first-order chi connectivity index (χ1) is 7.95. The maximum absolute atomic E-state index is 11.5. The highest BCUT2D eigenvalue weighted by molar-refractivity contribution is 5.78. The Hall–Kier alpha value is -1.18. The third-order valence-electron chi connectivity index (χ3n) is 2.65. The minimum Gasteiger partial charge on any atom is -0.465 e. The lowest BCUT2D eigenvalue weighted by Gasteiger charge is -2.39. The SMILES string of the molecule is COC(=O)C1(OC)CC(O)C(NC(C)=O)CO1. The normalized spacial score (nSPS) is 32.9. The van der Waals surface area contributed by atoms with Crippen molar-refractivity contribution in [2.45, 2.75) is 31.3 Å². The molecule has 1 aliphatic rings. The van der Waals surface area contributed by atoms with Crippen molar-refractivity contribution in [2.24, 2.45) is 0 Å². The number of rotatable bonds is 3. The van der Waals surface area contributed by atoms with Gasteiger partial charge in [-0.15, -0.1) is 0 Å². The maximum atomic E-state index is 11.5. The van der Waals surface area contributed by atoms with Crippen molar-refractivity contribution >= 4 is 11.9 Å². The summed E-state index contributed by atoms with van der Waals surface area (Å²) in [5.74, 6) is -2.58. The topological polar surface area (TPSA) is 94.1 Å². The van der Waals surface area contributed by atoms with Gasteiger partial charge in [0, 0.05) is 20.5 Å². The highest BCUT2D eigenvalue weighted by atomic mass is 16.7. The molecule has 3 unspecified atom stereocenters. The number of methoxy groups -OCH3 is 2. The van der Waals surface area contributed by atoms with Crippen LogP contribution in [0.5, 0.6) is 0 Å². The molecule has 0 spiro atoms. The average molecular weight is 247 g/mol. The quantitative estimate of drug-likeness (QED) is 0.608. The molecule has 1 aliphatic heterocycles. The number of carbonyl (C=O) groups excluding carboxylic acids is 2. The summed E-state index contributed by atoms with van der Waals surface area (Å²) in [5.41, 5.74) is 0. The zero-order valence-electron chi connectivity index (χ0n) is 10.1. The Balaban J connectivity index is 2.72. The highest BCUT2D eigenvalue weighted by Crippen LogP contribution is 2.27. The van der Waals surface area contributed by atoms with E-state index in [-0.39, 0.29) is 18.9 Å². The molecule has 7 heteroatoms. The Bertz CT molecular complexity index is 307. The van der Waals surface area contributed by atoms with Gasteiger partial charge in [0.15, 0.2) is 0 Å². The maximum Gasteiger partial charge on any atom is 0.366 e. The number of aliphatic hydroxyl groups is 1. The van der Waals surface area contributed by atoms with E-state index in [2.05, 4.69) is 10.1 Å². The van der Waals surface area contributed by atoms with Crippen molar-refractivity contribution in [1.82, 2.24) is 5.32 Å². The Labute approximate surface area is 99.0 Å². The Kier molecular flexibility index (Phi) is 4.44. The molecule has 0 aromatic rings. The molecule has 0 radical (unpaired) electrons.